The van der Waals surface area contributed by atoms with Crippen LogP contribution in [0.4, 0.5) is 22.7 Å². The van der Waals surface area contributed by atoms with Crippen molar-refractivity contribution in [2.24, 2.45) is 0 Å². The maximum absolute atomic E-state index is 11.0. The van der Waals surface area contributed by atoms with E-state index in [0.29, 0.717) is 11.3 Å². The van der Waals surface area contributed by atoms with Crippen molar-refractivity contribution in [1.29, 1.82) is 0 Å². The molecular formula is C13H11N3O5. The predicted molar refractivity (Wildman–Crippen MR) is 75.9 cm³/mol. The smallest absolute Gasteiger partial charge is 0.299 e. The van der Waals surface area contributed by atoms with Crippen LogP contribution in [0.3, 0.4) is 0 Å². The van der Waals surface area contributed by atoms with E-state index in [4.69, 9.17) is 0 Å². The Kier molecular flexibility index (Phi) is 3.70. The van der Waals surface area contributed by atoms with E-state index in [2.05, 4.69) is 5.32 Å². The first kappa shape index (κ1) is 14.3. The van der Waals surface area contributed by atoms with Gasteiger partial charge >= 0.3 is 0 Å². The molecule has 2 aromatic carbocycles. The van der Waals surface area contributed by atoms with Crippen LogP contribution in [-0.2, 0) is 0 Å². The number of nitro benzene ring substituents is 2. The normalized spacial score (nSPS) is 10.1. The lowest BCUT2D eigenvalue weighted by atomic mass is 10.1. The van der Waals surface area contributed by atoms with Crippen molar-refractivity contribution < 1.29 is 15.0 Å². The summed E-state index contributed by atoms with van der Waals surface area (Å²) < 4.78 is 0. The van der Waals surface area contributed by atoms with Crippen LogP contribution in [0.2, 0.25) is 0 Å². The zero-order chi connectivity index (χ0) is 15.6. The molecule has 0 aliphatic carbocycles. The zero-order valence-electron chi connectivity index (χ0n) is 10.9. The Bertz CT molecular complexity index is 730. The van der Waals surface area contributed by atoms with Crippen LogP contribution < -0.4 is 5.32 Å². The molecule has 0 radical (unpaired) electrons. The number of anilines is 2. The van der Waals surface area contributed by atoms with Gasteiger partial charge in [-0.3, -0.25) is 20.2 Å². The van der Waals surface area contributed by atoms with Crippen molar-refractivity contribution in [3.63, 3.8) is 0 Å². The number of nitro groups is 2. The van der Waals surface area contributed by atoms with Crippen molar-refractivity contribution in [2.45, 2.75) is 6.92 Å². The number of aromatic hydroxyl groups is 1. The lowest BCUT2D eigenvalue weighted by Gasteiger charge is -2.10. The molecule has 0 fully saturated rings. The van der Waals surface area contributed by atoms with Gasteiger partial charge in [0.05, 0.1) is 15.9 Å². The molecular weight excluding hydrogens is 278 g/mol. The van der Waals surface area contributed by atoms with Crippen LogP contribution in [0.15, 0.2) is 36.4 Å². The number of phenolic OH excluding ortho intramolecular Hbond substituents is 1. The summed E-state index contributed by atoms with van der Waals surface area (Å²) in [6.45, 7) is 1.72. The average molecular weight is 289 g/mol. The van der Waals surface area contributed by atoms with Crippen LogP contribution >= 0.6 is 0 Å². The molecule has 0 amide bonds. The Balaban J connectivity index is 2.44. The van der Waals surface area contributed by atoms with E-state index in [1.807, 2.05) is 0 Å². The lowest BCUT2D eigenvalue weighted by molar-refractivity contribution is -0.393. The van der Waals surface area contributed by atoms with Gasteiger partial charge in [0.2, 0.25) is 0 Å². The Morgan fingerprint density at radius 2 is 1.67 bits per heavy atom. The number of nitrogens with zero attached hydrogens (tertiary/aromatic N) is 2. The fourth-order valence-electron chi connectivity index (χ4n) is 1.82. The topological polar surface area (TPSA) is 119 Å². The van der Waals surface area contributed by atoms with Gasteiger partial charge < -0.3 is 10.4 Å². The molecule has 2 N–H and O–H groups in total. The van der Waals surface area contributed by atoms with Crippen molar-refractivity contribution in [3.05, 3.63) is 62.2 Å². The first-order chi connectivity index (χ1) is 9.88. The second-order valence-electron chi connectivity index (χ2n) is 4.34. The molecule has 0 aliphatic heterocycles. The van der Waals surface area contributed by atoms with Crippen LogP contribution in [0, 0.1) is 27.2 Å². The highest BCUT2D eigenvalue weighted by atomic mass is 16.6. The first-order valence-corrected chi connectivity index (χ1v) is 5.88. The summed E-state index contributed by atoms with van der Waals surface area (Å²) in [5.74, 6) is 0.0799. The number of non-ortho nitro benzene ring substituents is 1. The van der Waals surface area contributed by atoms with Crippen molar-refractivity contribution in [3.8, 4) is 5.75 Å². The van der Waals surface area contributed by atoms with E-state index in [9.17, 15) is 25.3 Å². The van der Waals surface area contributed by atoms with Crippen LogP contribution in [0.5, 0.6) is 5.75 Å². The third kappa shape index (κ3) is 3.06. The Labute approximate surface area is 119 Å². The minimum Gasteiger partial charge on any atom is -0.508 e. The van der Waals surface area contributed by atoms with Gasteiger partial charge in [0.1, 0.15) is 11.4 Å². The molecule has 0 unspecified atom stereocenters. The van der Waals surface area contributed by atoms with Crippen LogP contribution in [0.1, 0.15) is 5.56 Å². The first-order valence-electron chi connectivity index (χ1n) is 5.88. The molecule has 8 heteroatoms. The fourth-order valence-corrected chi connectivity index (χ4v) is 1.82. The lowest BCUT2D eigenvalue weighted by Crippen LogP contribution is -1.99. The van der Waals surface area contributed by atoms with Gasteiger partial charge in [0.25, 0.3) is 11.4 Å². The standard InChI is InChI=1S/C13H11N3O5/c1-8-6-10(17)3-5-11(8)14-12-4-2-9(15(18)19)7-13(12)16(20)21/h2-7,14,17H,1H3. The third-order valence-electron chi connectivity index (χ3n) is 2.87. The van der Waals surface area contributed by atoms with Crippen LogP contribution in [-0.4, -0.2) is 15.0 Å². The maximum Gasteiger partial charge on any atom is 0.299 e. The maximum atomic E-state index is 11.0. The number of hydrogen-bond donors (Lipinski definition) is 2. The molecule has 0 saturated carbocycles. The van der Waals surface area contributed by atoms with Crippen LogP contribution in [0.25, 0.3) is 0 Å². The van der Waals surface area contributed by atoms with Gasteiger partial charge in [-0.25, -0.2) is 0 Å². The molecule has 0 aliphatic rings. The van der Waals surface area contributed by atoms with Crippen molar-refractivity contribution >= 4 is 22.7 Å². The number of hydrogen-bond acceptors (Lipinski definition) is 6. The van der Waals surface area contributed by atoms with Gasteiger partial charge in [0.15, 0.2) is 0 Å². The van der Waals surface area contributed by atoms with E-state index in [0.717, 1.165) is 6.07 Å². The Morgan fingerprint density at radius 3 is 2.24 bits per heavy atom. The summed E-state index contributed by atoms with van der Waals surface area (Å²) in [6, 6.07) is 7.87. The van der Waals surface area contributed by atoms with Gasteiger partial charge in [0, 0.05) is 11.8 Å². The number of aryl methyl sites for hydroxylation is 1. The van der Waals surface area contributed by atoms with Gasteiger partial charge in [-0.15, -0.1) is 0 Å². The van der Waals surface area contributed by atoms with Crippen molar-refractivity contribution in [1.82, 2.24) is 0 Å². The number of nitrogens with one attached hydrogen (secondary N) is 1. The molecule has 8 nitrogen and oxygen atoms in total. The molecule has 0 spiro atoms. The molecule has 0 bridgehead atoms. The summed E-state index contributed by atoms with van der Waals surface area (Å²) >= 11 is 0. The number of phenols is 1. The molecule has 2 aromatic rings. The molecule has 2 rings (SSSR count). The van der Waals surface area contributed by atoms with E-state index in [1.54, 1.807) is 13.0 Å². The highest BCUT2D eigenvalue weighted by molar-refractivity contribution is 5.73. The molecule has 0 aromatic heterocycles. The van der Waals surface area contributed by atoms with Gasteiger partial charge in [-0.05, 0) is 36.8 Å². The second kappa shape index (κ2) is 5.45. The average Bonchev–Trinajstić information content (AvgIpc) is 2.41. The van der Waals surface area contributed by atoms with E-state index >= 15 is 0 Å². The minimum atomic E-state index is -0.692. The summed E-state index contributed by atoms with van der Waals surface area (Å²) in [6.07, 6.45) is 0. The number of rotatable bonds is 4. The Morgan fingerprint density at radius 1 is 1.00 bits per heavy atom. The van der Waals surface area contributed by atoms with E-state index in [1.165, 1.54) is 24.3 Å². The second-order valence-corrected chi connectivity index (χ2v) is 4.34. The fraction of sp³-hybridized carbons (Fsp3) is 0.0769. The van der Waals surface area contributed by atoms with Gasteiger partial charge in [-0.1, -0.05) is 0 Å². The Hall–Kier alpha value is -3.16. The largest absolute Gasteiger partial charge is 0.508 e. The molecule has 108 valence electrons. The molecule has 21 heavy (non-hydrogen) atoms. The molecule has 0 heterocycles. The monoisotopic (exact) mass is 289 g/mol. The summed E-state index contributed by atoms with van der Waals surface area (Å²) in [7, 11) is 0. The summed E-state index contributed by atoms with van der Waals surface area (Å²) in [5, 5.41) is 33.9. The molecule has 0 atom stereocenters. The molecule has 0 saturated heterocycles. The summed E-state index contributed by atoms with van der Waals surface area (Å²) in [4.78, 5) is 20.3. The van der Waals surface area contributed by atoms with Gasteiger partial charge in [-0.2, -0.15) is 0 Å². The van der Waals surface area contributed by atoms with Crippen molar-refractivity contribution in [2.75, 3.05) is 5.32 Å². The van der Waals surface area contributed by atoms with E-state index in [-0.39, 0.29) is 17.1 Å². The predicted octanol–water partition coefficient (Wildman–Crippen LogP) is 3.26. The SMILES string of the molecule is Cc1cc(O)ccc1Nc1ccc([N+](=O)[O-])cc1[N+](=O)[O-]. The minimum absolute atomic E-state index is 0.0799. The number of benzene rings is 2. The zero-order valence-corrected chi connectivity index (χ0v) is 10.9. The van der Waals surface area contributed by atoms with E-state index < -0.39 is 15.5 Å². The summed E-state index contributed by atoms with van der Waals surface area (Å²) in [5.41, 5.74) is 0.637. The quantitative estimate of drug-likeness (QED) is 0.506. The highest BCUT2D eigenvalue weighted by Gasteiger charge is 2.19. The highest BCUT2D eigenvalue weighted by Crippen LogP contribution is 2.32. The third-order valence-corrected chi connectivity index (χ3v) is 2.87.